The van der Waals surface area contributed by atoms with E-state index in [0.717, 1.165) is 26.2 Å². The molecule has 3 rings (SSSR count). The largest absolute Gasteiger partial charge is 0.350 e. The maximum atomic E-state index is 12.5. The zero-order valence-electron chi connectivity index (χ0n) is 13.9. The lowest BCUT2D eigenvalue weighted by atomic mass is 10.2. The van der Waals surface area contributed by atoms with Crippen molar-refractivity contribution in [1.82, 2.24) is 20.1 Å². The van der Waals surface area contributed by atoms with Gasteiger partial charge in [-0.1, -0.05) is 35.0 Å². The summed E-state index contributed by atoms with van der Waals surface area (Å²) in [4.78, 5) is 29.1. The highest BCUT2D eigenvalue weighted by Gasteiger charge is 2.15. The van der Waals surface area contributed by atoms with Crippen LogP contribution in [0.2, 0.25) is 0 Å². The number of halogens is 1. The molecular weight excluding hydrogens is 404 g/mol. The monoisotopic (exact) mass is 420 g/mol. The van der Waals surface area contributed by atoms with E-state index in [4.69, 9.17) is 0 Å². The maximum absolute atomic E-state index is 12.5. The van der Waals surface area contributed by atoms with E-state index in [0.29, 0.717) is 17.8 Å². The lowest BCUT2D eigenvalue weighted by Gasteiger charge is -2.08. The molecule has 0 unspecified atom stereocenters. The number of nitrogens with zero attached hydrogens (tertiary/aromatic N) is 3. The molecule has 8 heteroatoms. The van der Waals surface area contributed by atoms with Crippen molar-refractivity contribution in [3.8, 4) is 0 Å². The van der Waals surface area contributed by atoms with Crippen molar-refractivity contribution < 1.29 is 4.79 Å². The summed E-state index contributed by atoms with van der Waals surface area (Å²) in [6.07, 6.45) is 0.770. The summed E-state index contributed by atoms with van der Waals surface area (Å²) >= 11 is 4.86. The Morgan fingerprint density at radius 1 is 1.32 bits per heavy atom. The highest BCUT2D eigenvalue weighted by molar-refractivity contribution is 9.10. The summed E-state index contributed by atoms with van der Waals surface area (Å²) < 4.78 is 2.97. The average molecular weight is 421 g/mol. The molecule has 0 aliphatic carbocycles. The number of fused-ring (bicyclic) bond motifs is 1. The highest BCUT2D eigenvalue weighted by atomic mass is 79.9. The van der Waals surface area contributed by atoms with Gasteiger partial charge in [-0.15, -0.1) is 11.3 Å². The van der Waals surface area contributed by atoms with Crippen LogP contribution in [0.5, 0.6) is 0 Å². The molecule has 0 radical (unpaired) electrons. The molecule has 0 aliphatic heterocycles. The molecule has 0 saturated heterocycles. The quantitative estimate of drug-likeness (QED) is 0.688. The van der Waals surface area contributed by atoms with Crippen molar-refractivity contribution in [3.63, 3.8) is 0 Å². The van der Waals surface area contributed by atoms with E-state index in [1.807, 2.05) is 38.1 Å². The first kappa shape index (κ1) is 17.8. The molecule has 1 amide bonds. The molecule has 0 saturated carbocycles. The Kier molecular flexibility index (Phi) is 5.29. The van der Waals surface area contributed by atoms with Crippen LogP contribution in [0.4, 0.5) is 0 Å². The molecule has 0 aliphatic rings. The van der Waals surface area contributed by atoms with Crippen LogP contribution in [0.3, 0.4) is 0 Å². The van der Waals surface area contributed by atoms with Crippen molar-refractivity contribution >= 4 is 43.4 Å². The molecule has 1 aromatic carbocycles. The zero-order valence-corrected chi connectivity index (χ0v) is 16.3. The number of rotatable bonds is 5. The van der Waals surface area contributed by atoms with Crippen molar-refractivity contribution in [2.45, 2.75) is 33.4 Å². The summed E-state index contributed by atoms with van der Waals surface area (Å²) in [5.41, 5.74) is 1.77. The Hall–Kier alpha value is -2.06. The molecule has 0 fully saturated rings. The van der Waals surface area contributed by atoms with E-state index in [1.54, 1.807) is 0 Å². The average Bonchev–Trinajstić information content (AvgIpc) is 3.04. The van der Waals surface area contributed by atoms with Crippen LogP contribution in [0.1, 0.15) is 23.2 Å². The van der Waals surface area contributed by atoms with Crippen molar-refractivity contribution in [2.75, 3.05) is 0 Å². The van der Waals surface area contributed by atoms with Gasteiger partial charge in [0, 0.05) is 11.0 Å². The Labute approximate surface area is 157 Å². The first-order valence-corrected chi connectivity index (χ1v) is 9.47. The molecule has 130 valence electrons. The minimum absolute atomic E-state index is 0.120. The number of carbonyl (C=O) groups is 1. The van der Waals surface area contributed by atoms with Gasteiger partial charge >= 0.3 is 0 Å². The summed E-state index contributed by atoms with van der Waals surface area (Å²) in [5.74, 6) is -0.262. The van der Waals surface area contributed by atoms with E-state index < -0.39 is 0 Å². The molecule has 1 N–H and O–H groups in total. The van der Waals surface area contributed by atoms with Gasteiger partial charge in [0.1, 0.15) is 6.54 Å². The minimum atomic E-state index is -0.324. The van der Waals surface area contributed by atoms with Crippen molar-refractivity contribution in [3.05, 3.63) is 55.4 Å². The van der Waals surface area contributed by atoms with Crippen molar-refractivity contribution in [1.29, 1.82) is 0 Å². The van der Waals surface area contributed by atoms with Crippen LogP contribution in [0.15, 0.2) is 33.5 Å². The second-order valence-corrected chi connectivity index (χ2v) is 7.59. The molecule has 0 bridgehead atoms. The van der Waals surface area contributed by atoms with E-state index >= 15 is 0 Å². The number of benzene rings is 1. The van der Waals surface area contributed by atoms with Crippen LogP contribution >= 0.6 is 27.3 Å². The standard InChI is InChI=1S/C17H17BrN4O2S/c1-3-14-20-15-16(25-14)10(2)21-22(17(15)24)9-13(23)19-8-11-4-6-12(18)7-5-11/h4-7H,3,8-9H2,1-2H3,(H,19,23). The Morgan fingerprint density at radius 2 is 2.04 bits per heavy atom. The third-order valence-corrected chi connectivity index (χ3v) is 5.54. The van der Waals surface area contributed by atoms with Gasteiger partial charge in [-0.05, 0) is 31.0 Å². The van der Waals surface area contributed by atoms with Gasteiger partial charge in [-0.2, -0.15) is 5.10 Å². The van der Waals surface area contributed by atoms with Gasteiger partial charge in [0.15, 0.2) is 5.52 Å². The van der Waals surface area contributed by atoms with Gasteiger partial charge in [0.2, 0.25) is 5.91 Å². The predicted octanol–water partition coefficient (Wildman–Crippen LogP) is 2.80. The van der Waals surface area contributed by atoms with Crippen LogP contribution in [0.25, 0.3) is 10.2 Å². The molecule has 0 spiro atoms. The first-order chi connectivity index (χ1) is 12.0. The molecule has 6 nitrogen and oxygen atoms in total. The summed E-state index contributed by atoms with van der Waals surface area (Å²) in [5, 5.41) is 7.97. The fourth-order valence-corrected chi connectivity index (χ4v) is 3.60. The van der Waals surface area contributed by atoms with Crippen LogP contribution in [-0.4, -0.2) is 20.7 Å². The maximum Gasteiger partial charge on any atom is 0.294 e. The Bertz CT molecular complexity index is 979. The van der Waals surface area contributed by atoms with Gasteiger partial charge < -0.3 is 5.32 Å². The van der Waals surface area contributed by atoms with Gasteiger partial charge in [-0.3, -0.25) is 9.59 Å². The van der Waals surface area contributed by atoms with E-state index in [9.17, 15) is 9.59 Å². The molecule has 3 aromatic rings. The summed E-state index contributed by atoms with van der Waals surface area (Å²) in [6.45, 7) is 4.11. The molecule has 25 heavy (non-hydrogen) atoms. The number of carbonyl (C=O) groups excluding carboxylic acids is 1. The minimum Gasteiger partial charge on any atom is -0.350 e. The van der Waals surface area contributed by atoms with Crippen LogP contribution < -0.4 is 10.9 Å². The number of hydrogen-bond acceptors (Lipinski definition) is 5. The lowest BCUT2D eigenvalue weighted by Crippen LogP contribution is -2.33. The topological polar surface area (TPSA) is 76.9 Å². The van der Waals surface area contributed by atoms with Crippen molar-refractivity contribution in [2.24, 2.45) is 0 Å². The SMILES string of the molecule is CCc1nc2c(=O)n(CC(=O)NCc3ccc(Br)cc3)nc(C)c2s1. The van der Waals surface area contributed by atoms with E-state index in [1.165, 1.54) is 16.0 Å². The third kappa shape index (κ3) is 3.96. The number of aryl methyl sites for hydroxylation is 2. The van der Waals surface area contributed by atoms with Gasteiger partial charge in [0.25, 0.3) is 5.56 Å². The van der Waals surface area contributed by atoms with Gasteiger partial charge in [0.05, 0.1) is 15.4 Å². The highest BCUT2D eigenvalue weighted by Crippen LogP contribution is 2.21. The third-order valence-electron chi connectivity index (χ3n) is 3.71. The Balaban J connectivity index is 1.75. The number of aromatic nitrogens is 3. The zero-order chi connectivity index (χ0) is 18.0. The van der Waals surface area contributed by atoms with Crippen LogP contribution in [0, 0.1) is 6.92 Å². The number of thiazole rings is 1. The molecule has 2 aromatic heterocycles. The normalized spacial score (nSPS) is 11.0. The second kappa shape index (κ2) is 7.45. The molecule has 2 heterocycles. The second-order valence-electron chi connectivity index (χ2n) is 5.59. The summed E-state index contributed by atoms with van der Waals surface area (Å²) in [7, 11) is 0. The smallest absolute Gasteiger partial charge is 0.294 e. The van der Waals surface area contributed by atoms with E-state index in [2.05, 4.69) is 31.3 Å². The number of nitrogens with one attached hydrogen (secondary N) is 1. The Morgan fingerprint density at radius 3 is 2.72 bits per heavy atom. The number of hydrogen-bond donors (Lipinski definition) is 1. The number of amides is 1. The van der Waals surface area contributed by atoms with E-state index in [-0.39, 0.29) is 18.0 Å². The van der Waals surface area contributed by atoms with Gasteiger partial charge in [-0.25, -0.2) is 9.67 Å². The first-order valence-electron chi connectivity index (χ1n) is 7.86. The molecular formula is C17H17BrN4O2S. The van der Waals surface area contributed by atoms with Crippen LogP contribution in [-0.2, 0) is 24.3 Å². The predicted molar refractivity (Wildman–Crippen MR) is 102 cm³/mol. The fraction of sp³-hybridized carbons (Fsp3) is 0.294. The fourth-order valence-electron chi connectivity index (χ4n) is 2.40. The molecule has 0 atom stereocenters. The summed E-state index contributed by atoms with van der Waals surface area (Å²) in [6, 6.07) is 7.68. The lowest BCUT2D eigenvalue weighted by molar-refractivity contribution is -0.122.